The highest BCUT2D eigenvalue weighted by Crippen LogP contribution is 2.05. The van der Waals surface area contributed by atoms with Gasteiger partial charge in [0.1, 0.15) is 11.1 Å². The van der Waals surface area contributed by atoms with E-state index in [0.717, 1.165) is 0 Å². The van der Waals surface area contributed by atoms with Crippen molar-refractivity contribution in [2.75, 3.05) is 0 Å². The predicted molar refractivity (Wildman–Crippen MR) is 35.8 cm³/mol. The van der Waals surface area contributed by atoms with Crippen LogP contribution in [-0.4, -0.2) is 10.5 Å². The van der Waals surface area contributed by atoms with Gasteiger partial charge in [-0.3, -0.25) is 0 Å². The lowest BCUT2D eigenvalue weighted by atomic mass is 10.3. The Hall–Kier alpha value is -0.570. The molecule has 8 heavy (non-hydrogen) atoms. The summed E-state index contributed by atoms with van der Waals surface area (Å²) >= 11 is 3.98. The van der Waals surface area contributed by atoms with Crippen LogP contribution in [0.1, 0.15) is 0 Å². The van der Waals surface area contributed by atoms with Gasteiger partial charge in [0, 0.05) is 0 Å². The Morgan fingerprint density at radius 3 is 2.88 bits per heavy atom. The quantitative estimate of drug-likeness (QED) is 0.423. The summed E-state index contributed by atoms with van der Waals surface area (Å²) in [5.74, 6) is 0.260. The van der Waals surface area contributed by atoms with Gasteiger partial charge in [-0.2, -0.15) is 0 Å². The maximum atomic E-state index is 8.85. The van der Waals surface area contributed by atoms with E-state index in [1.807, 2.05) is 0 Å². The Labute approximate surface area is 53.3 Å². The van der Waals surface area contributed by atoms with E-state index in [9.17, 15) is 0 Å². The predicted octanol–water partition coefficient (Wildman–Crippen LogP) is 0.801. The molecule has 1 atom stereocenters. The number of aliphatic hydroxyl groups excluding tert-OH is 1. The first-order valence-electron chi connectivity index (χ1n) is 2.30. The molecule has 2 N–H and O–H groups in total. The van der Waals surface area contributed by atoms with E-state index in [1.165, 1.54) is 0 Å². The van der Waals surface area contributed by atoms with Crippen molar-refractivity contribution in [3.8, 4) is 0 Å². The number of hydrogen-bond acceptors (Lipinski definition) is 3. The lowest BCUT2D eigenvalue weighted by Crippen LogP contribution is -2.21. The lowest BCUT2D eigenvalue weighted by molar-refractivity contribution is 0.384. The van der Waals surface area contributed by atoms with Crippen molar-refractivity contribution < 1.29 is 5.11 Å². The average molecular weight is 129 g/mol. The van der Waals surface area contributed by atoms with Crippen molar-refractivity contribution in [1.82, 2.24) is 5.32 Å². The van der Waals surface area contributed by atoms with Crippen molar-refractivity contribution in [2.24, 2.45) is 0 Å². The zero-order chi connectivity index (χ0) is 5.98. The average Bonchev–Trinajstić information content (AvgIpc) is 1.77. The Bertz CT molecular complexity index is 141. The Kier molecular flexibility index (Phi) is 1.48. The second-order valence-corrected chi connectivity index (χ2v) is 2.04. The highest BCUT2D eigenvalue weighted by Gasteiger charge is 2.05. The Morgan fingerprint density at radius 2 is 2.50 bits per heavy atom. The van der Waals surface area contributed by atoms with E-state index in [-0.39, 0.29) is 11.1 Å². The van der Waals surface area contributed by atoms with Crippen LogP contribution in [0.2, 0.25) is 0 Å². The van der Waals surface area contributed by atoms with Crippen molar-refractivity contribution in [3.05, 3.63) is 24.1 Å². The molecule has 0 aromatic carbocycles. The lowest BCUT2D eigenvalue weighted by Gasteiger charge is -2.11. The summed E-state index contributed by atoms with van der Waals surface area (Å²) in [6.45, 7) is 0. The van der Waals surface area contributed by atoms with Gasteiger partial charge in [-0.25, -0.2) is 0 Å². The molecule has 0 saturated heterocycles. The molecular weight excluding hydrogens is 122 g/mol. The molecule has 44 valence electrons. The van der Waals surface area contributed by atoms with Gasteiger partial charge >= 0.3 is 0 Å². The van der Waals surface area contributed by atoms with Crippen molar-refractivity contribution in [2.45, 2.75) is 5.37 Å². The minimum Gasteiger partial charge on any atom is -0.509 e. The van der Waals surface area contributed by atoms with Gasteiger partial charge in [-0.1, -0.05) is 0 Å². The highest BCUT2D eigenvalue weighted by molar-refractivity contribution is 7.81. The molecule has 0 bridgehead atoms. The summed E-state index contributed by atoms with van der Waals surface area (Å²) < 4.78 is 0. The van der Waals surface area contributed by atoms with E-state index in [2.05, 4.69) is 17.9 Å². The van der Waals surface area contributed by atoms with E-state index < -0.39 is 0 Å². The van der Waals surface area contributed by atoms with Gasteiger partial charge < -0.3 is 10.4 Å². The molecule has 1 rings (SSSR count). The fourth-order valence-corrected chi connectivity index (χ4v) is 0.642. The first-order valence-corrected chi connectivity index (χ1v) is 2.82. The molecule has 0 saturated carbocycles. The van der Waals surface area contributed by atoms with Gasteiger partial charge in [0.25, 0.3) is 0 Å². The molecule has 1 aliphatic heterocycles. The van der Waals surface area contributed by atoms with Crippen LogP contribution in [0.5, 0.6) is 0 Å². The van der Waals surface area contributed by atoms with E-state index in [1.54, 1.807) is 18.4 Å². The van der Waals surface area contributed by atoms with Gasteiger partial charge in [-0.15, -0.1) is 12.6 Å². The van der Waals surface area contributed by atoms with Crippen molar-refractivity contribution >= 4 is 12.6 Å². The molecule has 0 radical (unpaired) electrons. The standard InChI is InChI=1S/C5H7NOS/c7-4-2-1-3-6-5(4)8/h1-3,5-8H. The topological polar surface area (TPSA) is 32.3 Å². The summed E-state index contributed by atoms with van der Waals surface area (Å²) in [7, 11) is 0. The first-order chi connectivity index (χ1) is 3.80. The monoisotopic (exact) mass is 129 g/mol. The second-order valence-electron chi connectivity index (χ2n) is 1.52. The molecule has 0 aromatic rings. The van der Waals surface area contributed by atoms with Gasteiger partial charge in [-0.05, 0) is 18.4 Å². The van der Waals surface area contributed by atoms with Crippen LogP contribution in [0.4, 0.5) is 0 Å². The van der Waals surface area contributed by atoms with Crippen LogP contribution in [0.3, 0.4) is 0 Å². The molecule has 0 spiro atoms. The second kappa shape index (κ2) is 2.13. The minimum atomic E-state index is -0.222. The summed E-state index contributed by atoms with van der Waals surface area (Å²) in [6, 6.07) is 0. The van der Waals surface area contributed by atoms with Crippen LogP contribution in [0.15, 0.2) is 24.1 Å². The highest BCUT2D eigenvalue weighted by atomic mass is 32.1. The molecule has 0 fully saturated rings. The molecule has 2 nitrogen and oxygen atoms in total. The van der Waals surface area contributed by atoms with Gasteiger partial charge in [0.2, 0.25) is 0 Å². The van der Waals surface area contributed by atoms with Gasteiger partial charge in [0.05, 0.1) is 0 Å². The number of dihydropyridines is 1. The van der Waals surface area contributed by atoms with Crippen LogP contribution >= 0.6 is 12.6 Å². The van der Waals surface area contributed by atoms with Crippen LogP contribution in [0.25, 0.3) is 0 Å². The SMILES string of the molecule is OC1=CC=CNC1S. The maximum absolute atomic E-state index is 8.85. The Morgan fingerprint density at radius 1 is 1.75 bits per heavy atom. The zero-order valence-corrected chi connectivity index (χ0v) is 5.10. The molecule has 0 aliphatic carbocycles. The number of thiol groups is 1. The minimum absolute atomic E-state index is 0.222. The third-order valence-corrected chi connectivity index (χ3v) is 1.31. The Balaban J connectivity index is 2.66. The van der Waals surface area contributed by atoms with Crippen LogP contribution < -0.4 is 5.32 Å². The molecule has 1 heterocycles. The number of aliphatic hydroxyl groups is 1. The third kappa shape index (κ3) is 0.980. The number of nitrogens with one attached hydrogen (secondary N) is 1. The summed E-state index contributed by atoms with van der Waals surface area (Å²) in [6.07, 6.45) is 5.06. The number of rotatable bonds is 0. The van der Waals surface area contributed by atoms with Crippen molar-refractivity contribution in [1.29, 1.82) is 0 Å². The summed E-state index contributed by atoms with van der Waals surface area (Å²) in [5, 5.41) is 11.4. The van der Waals surface area contributed by atoms with E-state index in [4.69, 9.17) is 5.11 Å². The van der Waals surface area contributed by atoms with Gasteiger partial charge in [0.15, 0.2) is 0 Å². The molecule has 3 heteroatoms. The third-order valence-electron chi connectivity index (χ3n) is 0.897. The molecule has 1 unspecified atom stereocenters. The normalized spacial score (nSPS) is 26.6. The number of hydrogen-bond donors (Lipinski definition) is 3. The molecule has 0 aromatic heterocycles. The maximum Gasteiger partial charge on any atom is 0.127 e. The van der Waals surface area contributed by atoms with E-state index in [0.29, 0.717) is 0 Å². The van der Waals surface area contributed by atoms with Crippen LogP contribution in [-0.2, 0) is 0 Å². The fraction of sp³-hybridized carbons (Fsp3) is 0.200. The van der Waals surface area contributed by atoms with Crippen molar-refractivity contribution in [3.63, 3.8) is 0 Å². The molecular formula is C5H7NOS. The van der Waals surface area contributed by atoms with Crippen LogP contribution in [0, 0.1) is 0 Å². The number of allylic oxidation sites excluding steroid dienone is 2. The first kappa shape index (κ1) is 5.56. The summed E-state index contributed by atoms with van der Waals surface area (Å²) in [5.41, 5.74) is 0. The zero-order valence-electron chi connectivity index (χ0n) is 4.20. The van der Waals surface area contributed by atoms with E-state index >= 15 is 0 Å². The summed E-state index contributed by atoms with van der Waals surface area (Å²) in [4.78, 5) is 0. The molecule has 1 aliphatic rings. The fourth-order valence-electron chi connectivity index (χ4n) is 0.470. The molecule has 0 amide bonds. The smallest absolute Gasteiger partial charge is 0.127 e. The largest absolute Gasteiger partial charge is 0.509 e.